The SMILES string of the molecule is O=C1CCC(N2C(=O)c3ccc(N4CCC(CN5CCN(c6ccc(Nc7ncc(F)c(N8CCC(CO)CC8)n7)cn6)CC5)CC4)cc3C2=O)C(=O)N1. The molecule has 8 rings (SSSR count). The lowest BCUT2D eigenvalue weighted by atomic mass is 9.95. The molecule has 4 saturated heterocycles. The van der Waals surface area contributed by atoms with Crippen LogP contribution in [0.2, 0.25) is 0 Å². The van der Waals surface area contributed by atoms with Gasteiger partial charge in [0.1, 0.15) is 11.9 Å². The molecule has 3 aromatic rings. The lowest BCUT2D eigenvalue weighted by Crippen LogP contribution is -2.54. The van der Waals surface area contributed by atoms with Gasteiger partial charge in [0.2, 0.25) is 17.8 Å². The molecule has 3 N–H and O–H groups in total. The molecule has 0 saturated carbocycles. The van der Waals surface area contributed by atoms with Crippen LogP contribution in [-0.2, 0) is 9.59 Å². The molecule has 16 heteroatoms. The predicted molar refractivity (Wildman–Crippen MR) is 198 cm³/mol. The first kappa shape index (κ1) is 35.8. The van der Waals surface area contributed by atoms with E-state index in [1.54, 1.807) is 18.3 Å². The quantitative estimate of drug-likeness (QED) is 0.274. The van der Waals surface area contributed by atoms with Gasteiger partial charge >= 0.3 is 0 Å². The van der Waals surface area contributed by atoms with Crippen molar-refractivity contribution in [2.45, 2.75) is 44.6 Å². The zero-order valence-electron chi connectivity index (χ0n) is 30.1. The van der Waals surface area contributed by atoms with Crippen LogP contribution in [0, 0.1) is 17.7 Å². The Morgan fingerprint density at radius 3 is 2.20 bits per heavy atom. The number of nitrogens with one attached hydrogen (secondary N) is 2. The van der Waals surface area contributed by atoms with Gasteiger partial charge in [-0.1, -0.05) is 0 Å². The third-order valence-electron chi connectivity index (χ3n) is 11.5. The Hall–Kier alpha value is -5.22. The third kappa shape index (κ3) is 7.31. The number of carbonyl (C=O) groups excluding carboxylic acids is 4. The van der Waals surface area contributed by atoms with E-state index in [9.17, 15) is 28.7 Å². The first-order chi connectivity index (χ1) is 26.2. The molecule has 7 heterocycles. The molecule has 5 aliphatic rings. The summed E-state index contributed by atoms with van der Waals surface area (Å²) < 4.78 is 14.6. The fourth-order valence-electron chi connectivity index (χ4n) is 8.30. The van der Waals surface area contributed by atoms with Crippen molar-refractivity contribution < 1.29 is 28.7 Å². The number of carbonyl (C=O) groups is 4. The molecule has 5 aliphatic heterocycles. The van der Waals surface area contributed by atoms with E-state index in [1.807, 2.05) is 23.1 Å². The summed E-state index contributed by atoms with van der Waals surface area (Å²) in [6, 6.07) is 8.28. The standard InChI is InChI=1S/C38H45FN10O5/c39-30-21-41-38(44-34(30)48-13-9-25(23-50)10-14-48)42-26-1-5-32(40-20-26)47-17-15-45(16-18-47)22-24-7-11-46(12-8-24)27-2-3-28-29(19-27)37(54)49(36(28)53)31-4-6-33(51)43-35(31)52/h1-3,5,19-21,24-25,31,50H,4,6-18,22-23H2,(H,41,42,44)(H,43,51,52). The lowest BCUT2D eigenvalue weighted by molar-refractivity contribution is -0.136. The first-order valence-electron chi connectivity index (χ1n) is 18.9. The van der Waals surface area contributed by atoms with Gasteiger partial charge in [-0.2, -0.15) is 4.98 Å². The molecular weight excluding hydrogens is 695 g/mol. The van der Waals surface area contributed by atoms with Crippen LogP contribution in [-0.4, -0.2) is 125 Å². The molecule has 4 fully saturated rings. The second-order valence-corrected chi connectivity index (χ2v) is 14.9. The summed E-state index contributed by atoms with van der Waals surface area (Å²) in [5.74, 6) is -0.148. The van der Waals surface area contributed by atoms with Crippen molar-refractivity contribution in [3.8, 4) is 0 Å². The Balaban J connectivity index is 0.794. The van der Waals surface area contributed by atoms with Crippen LogP contribution < -0.4 is 25.3 Å². The van der Waals surface area contributed by atoms with Crippen LogP contribution in [0.4, 0.5) is 33.3 Å². The number of aromatic nitrogens is 3. The van der Waals surface area contributed by atoms with Gasteiger partial charge in [-0.25, -0.2) is 14.4 Å². The Morgan fingerprint density at radius 1 is 0.778 bits per heavy atom. The number of pyridine rings is 1. The van der Waals surface area contributed by atoms with Gasteiger partial charge in [-0.3, -0.25) is 34.3 Å². The number of piperidine rings is 3. The topological polar surface area (TPSA) is 167 Å². The largest absolute Gasteiger partial charge is 0.396 e. The highest BCUT2D eigenvalue weighted by Crippen LogP contribution is 2.33. The summed E-state index contributed by atoms with van der Waals surface area (Å²) in [6.45, 7) is 7.77. The lowest BCUT2D eigenvalue weighted by Gasteiger charge is -2.39. The number of piperazine rings is 1. The molecular formula is C38H45FN10O5. The number of fused-ring (bicyclic) bond motifs is 1. The van der Waals surface area contributed by atoms with Gasteiger partial charge in [0.05, 0.1) is 29.2 Å². The van der Waals surface area contributed by atoms with Gasteiger partial charge in [-0.15, -0.1) is 0 Å². The van der Waals surface area contributed by atoms with E-state index in [0.717, 1.165) is 93.6 Å². The summed E-state index contributed by atoms with van der Waals surface area (Å²) >= 11 is 0. The minimum absolute atomic E-state index is 0.0927. The summed E-state index contributed by atoms with van der Waals surface area (Å²) in [5, 5.41) is 14.8. The fourth-order valence-corrected chi connectivity index (χ4v) is 8.30. The molecule has 54 heavy (non-hydrogen) atoms. The molecule has 4 amide bonds. The molecule has 1 unspecified atom stereocenters. The van der Waals surface area contributed by atoms with Crippen LogP contribution in [0.3, 0.4) is 0 Å². The van der Waals surface area contributed by atoms with Gasteiger partial charge in [0.25, 0.3) is 11.8 Å². The van der Waals surface area contributed by atoms with Crippen molar-refractivity contribution in [2.24, 2.45) is 11.8 Å². The number of aliphatic hydroxyl groups excluding tert-OH is 1. The van der Waals surface area contributed by atoms with Crippen molar-refractivity contribution in [3.05, 3.63) is 59.7 Å². The van der Waals surface area contributed by atoms with Crippen LogP contribution >= 0.6 is 0 Å². The molecule has 0 bridgehead atoms. The maximum absolute atomic E-state index is 14.6. The summed E-state index contributed by atoms with van der Waals surface area (Å²) in [4.78, 5) is 73.7. The first-order valence-corrected chi connectivity index (χ1v) is 18.9. The van der Waals surface area contributed by atoms with Crippen LogP contribution in [0.5, 0.6) is 0 Å². The van der Waals surface area contributed by atoms with Gasteiger partial charge < -0.3 is 25.1 Å². The predicted octanol–water partition coefficient (Wildman–Crippen LogP) is 2.40. The van der Waals surface area contributed by atoms with E-state index in [2.05, 4.69) is 35.3 Å². The number of amides is 4. The molecule has 0 aliphatic carbocycles. The average molecular weight is 741 g/mol. The molecule has 284 valence electrons. The third-order valence-corrected chi connectivity index (χ3v) is 11.5. The zero-order valence-corrected chi connectivity index (χ0v) is 30.1. The maximum atomic E-state index is 14.6. The van der Waals surface area contributed by atoms with Crippen molar-refractivity contribution in [2.75, 3.05) is 85.5 Å². The molecule has 1 atom stereocenters. The number of anilines is 5. The van der Waals surface area contributed by atoms with Gasteiger partial charge in [0.15, 0.2) is 11.6 Å². The monoisotopic (exact) mass is 740 g/mol. The minimum atomic E-state index is -0.970. The van der Waals surface area contributed by atoms with Crippen LogP contribution in [0.1, 0.15) is 59.2 Å². The number of nitrogens with zero attached hydrogens (tertiary/aromatic N) is 8. The normalized spacial score (nSPS) is 21.9. The molecule has 1 aromatic carbocycles. The van der Waals surface area contributed by atoms with E-state index in [1.165, 1.54) is 6.20 Å². The number of hydrogen-bond acceptors (Lipinski definition) is 13. The number of aliphatic hydroxyl groups is 1. The second-order valence-electron chi connectivity index (χ2n) is 14.9. The average Bonchev–Trinajstić information content (AvgIpc) is 3.44. The van der Waals surface area contributed by atoms with E-state index >= 15 is 0 Å². The van der Waals surface area contributed by atoms with Crippen LogP contribution in [0.25, 0.3) is 0 Å². The number of hydrogen-bond donors (Lipinski definition) is 3. The van der Waals surface area contributed by atoms with Crippen molar-refractivity contribution in [1.29, 1.82) is 0 Å². The summed E-state index contributed by atoms with van der Waals surface area (Å²) in [7, 11) is 0. The van der Waals surface area contributed by atoms with Crippen molar-refractivity contribution in [3.63, 3.8) is 0 Å². The highest BCUT2D eigenvalue weighted by Gasteiger charge is 2.45. The Kier molecular flexibility index (Phi) is 10.1. The van der Waals surface area contributed by atoms with Gasteiger partial charge in [-0.05, 0) is 74.3 Å². The fraction of sp³-hybridized carbons (Fsp3) is 0.500. The number of halogens is 1. The second kappa shape index (κ2) is 15.3. The van der Waals surface area contributed by atoms with Crippen LogP contribution in [0.15, 0.2) is 42.7 Å². The van der Waals surface area contributed by atoms with Crippen molar-refractivity contribution in [1.82, 2.24) is 30.1 Å². The van der Waals surface area contributed by atoms with Gasteiger partial charge in [0, 0.05) is 77.6 Å². The Morgan fingerprint density at radius 2 is 1.50 bits per heavy atom. The Bertz CT molecular complexity index is 1910. The zero-order chi connectivity index (χ0) is 37.3. The number of rotatable bonds is 9. The summed E-state index contributed by atoms with van der Waals surface area (Å²) in [5.41, 5.74) is 2.22. The summed E-state index contributed by atoms with van der Waals surface area (Å²) in [6.07, 6.45) is 6.80. The smallest absolute Gasteiger partial charge is 0.262 e. The highest BCUT2D eigenvalue weighted by atomic mass is 19.1. The van der Waals surface area contributed by atoms with E-state index in [0.29, 0.717) is 36.1 Å². The van der Waals surface area contributed by atoms with E-state index < -0.39 is 35.5 Å². The molecule has 0 spiro atoms. The number of imide groups is 2. The Labute approximate surface area is 312 Å². The minimum Gasteiger partial charge on any atom is -0.396 e. The highest BCUT2D eigenvalue weighted by molar-refractivity contribution is 6.23. The molecule has 2 aromatic heterocycles. The van der Waals surface area contributed by atoms with E-state index in [-0.39, 0.29) is 31.2 Å². The van der Waals surface area contributed by atoms with E-state index in [4.69, 9.17) is 4.98 Å². The molecule has 0 radical (unpaired) electrons. The number of benzene rings is 1. The van der Waals surface area contributed by atoms with Crippen molar-refractivity contribution >= 4 is 52.6 Å². The molecule has 15 nitrogen and oxygen atoms in total. The maximum Gasteiger partial charge on any atom is 0.262 e.